The lowest BCUT2D eigenvalue weighted by atomic mass is 9.98. The highest BCUT2D eigenvalue weighted by molar-refractivity contribution is 5.10. The van der Waals surface area contributed by atoms with Crippen molar-refractivity contribution in [3.8, 4) is 0 Å². The number of pyridine rings is 1. The van der Waals surface area contributed by atoms with Crippen molar-refractivity contribution < 1.29 is 5.11 Å². The number of aromatic nitrogens is 1. The number of hydrogen-bond acceptors (Lipinski definition) is 4. The lowest BCUT2D eigenvalue weighted by Crippen LogP contribution is -2.48. The summed E-state index contributed by atoms with van der Waals surface area (Å²) in [5.74, 6) is 0. The Morgan fingerprint density at radius 2 is 2.19 bits per heavy atom. The Kier molecular flexibility index (Phi) is 6.15. The molecule has 2 atom stereocenters. The molecule has 0 amide bonds. The van der Waals surface area contributed by atoms with Gasteiger partial charge in [-0.2, -0.15) is 0 Å². The minimum Gasteiger partial charge on any atom is -0.394 e. The molecule has 0 spiro atoms. The fraction of sp³-hybridized carbons (Fsp3) is 0.706. The lowest BCUT2D eigenvalue weighted by Gasteiger charge is -2.30. The first kappa shape index (κ1) is 16.4. The van der Waals surface area contributed by atoms with Gasteiger partial charge in [0.15, 0.2) is 0 Å². The van der Waals surface area contributed by atoms with Gasteiger partial charge in [0.2, 0.25) is 0 Å². The molecule has 0 bridgehead atoms. The molecule has 2 rings (SSSR count). The predicted molar refractivity (Wildman–Crippen MR) is 86.3 cm³/mol. The fourth-order valence-corrected chi connectivity index (χ4v) is 3.26. The van der Waals surface area contributed by atoms with Crippen LogP contribution in [-0.2, 0) is 6.42 Å². The van der Waals surface area contributed by atoms with Crippen LogP contribution < -0.4 is 5.32 Å². The maximum atomic E-state index is 9.76. The van der Waals surface area contributed by atoms with Gasteiger partial charge in [0.25, 0.3) is 0 Å². The SMILES string of the molecule is CCCNC1(CO)CCC(N(C)CCc2ccncc2)C1. The Morgan fingerprint density at radius 3 is 2.86 bits per heavy atom. The van der Waals surface area contributed by atoms with Crippen LogP contribution in [0.4, 0.5) is 0 Å². The molecule has 21 heavy (non-hydrogen) atoms. The van der Waals surface area contributed by atoms with Gasteiger partial charge in [0.05, 0.1) is 6.61 Å². The first-order valence-corrected chi connectivity index (χ1v) is 8.14. The van der Waals surface area contributed by atoms with E-state index < -0.39 is 0 Å². The second-order valence-corrected chi connectivity index (χ2v) is 6.35. The Hall–Kier alpha value is -0.970. The third-order valence-corrected chi connectivity index (χ3v) is 4.76. The normalized spacial score (nSPS) is 25.6. The Morgan fingerprint density at radius 1 is 1.43 bits per heavy atom. The van der Waals surface area contributed by atoms with Crippen molar-refractivity contribution in [2.75, 3.05) is 26.7 Å². The smallest absolute Gasteiger partial charge is 0.0613 e. The predicted octanol–water partition coefficient (Wildman–Crippen LogP) is 1.84. The van der Waals surface area contributed by atoms with E-state index in [1.54, 1.807) is 0 Å². The molecule has 0 saturated heterocycles. The summed E-state index contributed by atoms with van der Waals surface area (Å²) in [6, 6.07) is 4.75. The number of nitrogens with one attached hydrogen (secondary N) is 1. The Balaban J connectivity index is 1.82. The summed E-state index contributed by atoms with van der Waals surface area (Å²) in [5.41, 5.74) is 1.29. The topological polar surface area (TPSA) is 48.4 Å². The van der Waals surface area contributed by atoms with Crippen LogP contribution in [0.25, 0.3) is 0 Å². The van der Waals surface area contributed by atoms with Crippen LogP contribution in [-0.4, -0.2) is 53.3 Å². The third-order valence-electron chi connectivity index (χ3n) is 4.76. The third kappa shape index (κ3) is 4.50. The largest absolute Gasteiger partial charge is 0.394 e. The quantitative estimate of drug-likeness (QED) is 0.767. The molecule has 0 aromatic carbocycles. The number of nitrogens with zero attached hydrogens (tertiary/aromatic N) is 2. The zero-order valence-electron chi connectivity index (χ0n) is 13.4. The molecule has 4 heteroatoms. The maximum Gasteiger partial charge on any atom is 0.0613 e. The molecule has 118 valence electrons. The average Bonchev–Trinajstić information content (AvgIpc) is 2.97. The van der Waals surface area contributed by atoms with E-state index in [-0.39, 0.29) is 12.1 Å². The molecule has 0 aliphatic heterocycles. The van der Waals surface area contributed by atoms with E-state index in [1.807, 2.05) is 12.4 Å². The summed E-state index contributed by atoms with van der Waals surface area (Å²) >= 11 is 0. The second-order valence-electron chi connectivity index (χ2n) is 6.35. The zero-order chi connectivity index (χ0) is 15.1. The molecule has 1 aliphatic carbocycles. The van der Waals surface area contributed by atoms with Crippen LogP contribution in [0.1, 0.15) is 38.2 Å². The molecular formula is C17H29N3O. The van der Waals surface area contributed by atoms with Gasteiger partial charge in [-0.15, -0.1) is 0 Å². The summed E-state index contributed by atoms with van der Waals surface area (Å²) in [6.07, 6.45) is 9.19. The summed E-state index contributed by atoms with van der Waals surface area (Å²) in [5, 5.41) is 13.3. The van der Waals surface area contributed by atoms with E-state index in [0.717, 1.165) is 38.8 Å². The van der Waals surface area contributed by atoms with Crippen LogP contribution in [0.15, 0.2) is 24.5 Å². The minimum absolute atomic E-state index is 0.0500. The van der Waals surface area contributed by atoms with E-state index in [0.29, 0.717) is 6.04 Å². The summed E-state index contributed by atoms with van der Waals surface area (Å²) in [7, 11) is 2.21. The van der Waals surface area contributed by atoms with Crippen molar-refractivity contribution in [2.24, 2.45) is 0 Å². The molecule has 1 aromatic rings. The van der Waals surface area contributed by atoms with Crippen LogP contribution in [0, 0.1) is 0 Å². The molecule has 1 aliphatic rings. The van der Waals surface area contributed by atoms with Crippen molar-refractivity contribution >= 4 is 0 Å². The number of hydrogen-bond donors (Lipinski definition) is 2. The van der Waals surface area contributed by atoms with Crippen molar-refractivity contribution in [3.05, 3.63) is 30.1 Å². The van der Waals surface area contributed by atoms with Crippen molar-refractivity contribution in [2.45, 2.75) is 50.6 Å². The van der Waals surface area contributed by atoms with Crippen molar-refractivity contribution in [3.63, 3.8) is 0 Å². The summed E-state index contributed by atoms with van der Waals surface area (Å²) < 4.78 is 0. The molecule has 1 aromatic heterocycles. The molecule has 0 radical (unpaired) electrons. The van der Waals surface area contributed by atoms with E-state index in [4.69, 9.17) is 0 Å². The summed E-state index contributed by atoms with van der Waals surface area (Å²) in [4.78, 5) is 6.51. The van der Waals surface area contributed by atoms with E-state index in [9.17, 15) is 5.11 Å². The lowest BCUT2D eigenvalue weighted by molar-refractivity contribution is 0.151. The first-order valence-electron chi connectivity index (χ1n) is 8.14. The van der Waals surface area contributed by atoms with Crippen LogP contribution in [0.5, 0.6) is 0 Å². The van der Waals surface area contributed by atoms with Crippen LogP contribution in [0.2, 0.25) is 0 Å². The maximum absolute atomic E-state index is 9.76. The average molecular weight is 291 g/mol. The molecule has 1 heterocycles. The van der Waals surface area contributed by atoms with Crippen molar-refractivity contribution in [1.82, 2.24) is 15.2 Å². The van der Waals surface area contributed by atoms with Gasteiger partial charge in [-0.1, -0.05) is 6.92 Å². The highest BCUT2D eigenvalue weighted by Crippen LogP contribution is 2.32. The van der Waals surface area contributed by atoms with E-state index in [1.165, 1.54) is 12.0 Å². The highest BCUT2D eigenvalue weighted by atomic mass is 16.3. The van der Waals surface area contributed by atoms with Gasteiger partial charge in [-0.25, -0.2) is 0 Å². The van der Waals surface area contributed by atoms with E-state index >= 15 is 0 Å². The Bertz CT molecular complexity index is 412. The first-order chi connectivity index (χ1) is 10.2. The van der Waals surface area contributed by atoms with Gasteiger partial charge in [-0.3, -0.25) is 4.98 Å². The van der Waals surface area contributed by atoms with E-state index in [2.05, 4.69) is 41.3 Å². The minimum atomic E-state index is -0.0500. The van der Waals surface area contributed by atoms with Gasteiger partial charge in [0.1, 0.15) is 0 Å². The van der Waals surface area contributed by atoms with Gasteiger partial charge >= 0.3 is 0 Å². The molecular weight excluding hydrogens is 262 g/mol. The highest BCUT2D eigenvalue weighted by Gasteiger charge is 2.39. The molecule has 2 N–H and O–H groups in total. The van der Waals surface area contributed by atoms with Gasteiger partial charge in [0, 0.05) is 30.5 Å². The molecule has 1 fully saturated rings. The number of rotatable bonds is 8. The fourth-order valence-electron chi connectivity index (χ4n) is 3.26. The van der Waals surface area contributed by atoms with Gasteiger partial charge in [-0.05, 0) is 63.4 Å². The number of aliphatic hydroxyl groups excluding tert-OH is 1. The Labute approximate surface area is 128 Å². The second kappa shape index (κ2) is 7.87. The van der Waals surface area contributed by atoms with Crippen molar-refractivity contribution in [1.29, 1.82) is 0 Å². The van der Waals surface area contributed by atoms with Gasteiger partial charge < -0.3 is 15.3 Å². The standard InChI is InChI=1S/C17H29N3O/c1-3-9-19-17(14-21)8-4-16(13-17)20(2)12-7-15-5-10-18-11-6-15/h5-6,10-11,16,19,21H,3-4,7-9,12-14H2,1-2H3. The number of likely N-dealkylation sites (N-methyl/N-ethyl adjacent to an activating group) is 1. The molecule has 4 nitrogen and oxygen atoms in total. The molecule has 1 saturated carbocycles. The molecule has 2 unspecified atom stereocenters. The monoisotopic (exact) mass is 291 g/mol. The van der Waals surface area contributed by atoms with Crippen LogP contribution in [0.3, 0.4) is 0 Å². The zero-order valence-corrected chi connectivity index (χ0v) is 13.4. The van der Waals surface area contributed by atoms with Crippen LogP contribution >= 0.6 is 0 Å². The number of aliphatic hydroxyl groups is 1. The summed E-state index contributed by atoms with van der Waals surface area (Å²) in [6.45, 7) is 4.48.